The lowest BCUT2D eigenvalue weighted by molar-refractivity contribution is -0.114. The minimum Gasteiger partial charge on any atom is -0.493 e. The van der Waals surface area contributed by atoms with Crippen molar-refractivity contribution < 1.29 is 19.0 Å². The average molecular weight is 507 g/mol. The maximum Gasteiger partial charge on any atom is 0.257 e. The molecule has 2 aromatic carbocycles. The van der Waals surface area contributed by atoms with Gasteiger partial charge in [-0.15, -0.1) is 11.8 Å². The zero-order chi connectivity index (χ0) is 25.3. The van der Waals surface area contributed by atoms with Gasteiger partial charge in [-0.1, -0.05) is 24.3 Å². The number of hydrogen-bond acceptors (Lipinski definition) is 6. The number of hydrogen-bond donors (Lipinski definition) is 2. The third kappa shape index (κ3) is 7.34. The van der Waals surface area contributed by atoms with Crippen molar-refractivity contribution in [2.45, 2.75) is 25.7 Å². The third-order valence-corrected chi connectivity index (χ3v) is 6.50. The molecule has 2 aliphatic rings. The second kappa shape index (κ2) is 12.6. The number of benzene rings is 2. The first-order valence-corrected chi connectivity index (χ1v) is 13.6. The summed E-state index contributed by atoms with van der Waals surface area (Å²) in [6, 6.07) is 13.2. The number of nitrogens with two attached hydrogens (primary N) is 1. The van der Waals surface area contributed by atoms with Crippen LogP contribution in [0.3, 0.4) is 0 Å². The van der Waals surface area contributed by atoms with E-state index in [0.29, 0.717) is 46.8 Å². The Kier molecular flexibility index (Phi) is 9.01. The van der Waals surface area contributed by atoms with Crippen LogP contribution in [0.25, 0.3) is 11.6 Å². The van der Waals surface area contributed by atoms with E-state index in [0.717, 1.165) is 17.9 Å². The Labute approximate surface area is 217 Å². The molecule has 0 atom stereocenters. The molecule has 0 bridgehead atoms. The van der Waals surface area contributed by atoms with Crippen LogP contribution >= 0.6 is 11.8 Å². The molecule has 0 spiro atoms. The van der Waals surface area contributed by atoms with Gasteiger partial charge in [-0.2, -0.15) is 0 Å². The molecule has 4 rings (SSSR count). The summed E-state index contributed by atoms with van der Waals surface area (Å²) in [5.41, 5.74) is 8.77. The topological polar surface area (TPSA) is 82.8 Å². The molecule has 2 aliphatic carbocycles. The van der Waals surface area contributed by atoms with Crippen LogP contribution in [0.2, 0.25) is 0 Å². The number of carbonyl (C=O) groups is 1. The van der Waals surface area contributed by atoms with Gasteiger partial charge in [0.2, 0.25) is 0 Å². The molecule has 0 aromatic heterocycles. The van der Waals surface area contributed by atoms with Crippen LogP contribution in [0.1, 0.15) is 36.8 Å². The SMILES string of the molecule is COc1cccc(/C=C/C(N)=C(/C(=O)N/C=C\SC)c2ccc(OCC3CC3)cc2)c1OCC1CC1. The molecule has 2 saturated carbocycles. The second-order valence-electron chi connectivity index (χ2n) is 9.09. The largest absolute Gasteiger partial charge is 0.493 e. The Morgan fingerprint density at radius 2 is 1.75 bits per heavy atom. The molecule has 6 nitrogen and oxygen atoms in total. The van der Waals surface area contributed by atoms with Crippen molar-refractivity contribution in [1.82, 2.24) is 5.32 Å². The number of ether oxygens (including phenoxy) is 3. The van der Waals surface area contributed by atoms with E-state index in [9.17, 15) is 4.79 Å². The van der Waals surface area contributed by atoms with Gasteiger partial charge in [0, 0.05) is 17.5 Å². The van der Waals surface area contributed by atoms with Gasteiger partial charge in [0.15, 0.2) is 11.5 Å². The van der Waals surface area contributed by atoms with Crippen molar-refractivity contribution >= 4 is 29.3 Å². The molecule has 3 N–H and O–H groups in total. The van der Waals surface area contributed by atoms with E-state index < -0.39 is 0 Å². The van der Waals surface area contributed by atoms with E-state index in [1.807, 2.05) is 54.8 Å². The number of thioether (sulfide) groups is 1. The lowest BCUT2D eigenvalue weighted by atomic mass is 10.0. The maximum absolute atomic E-state index is 13.1. The van der Waals surface area contributed by atoms with Crippen molar-refractivity contribution in [3.05, 3.63) is 77.0 Å². The highest BCUT2D eigenvalue weighted by Gasteiger charge is 2.23. The molecular formula is C29H34N2O4S. The summed E-state index contributed by atoms with van der Waals surface area (Å²) < 4.78 is 17.5. The zero-order valence-corrected chi connectivity index (χ0v) is 21.7. The van der Waals surface area contributed by atoms with Crippen LogP contribution in [-0.2, 0) is 4.79 Å². The highest BCUT2D eigenvalue weighted by Crippen LogP contribution is 2.36. The average Bonchev–Trinajstić information content (AvgIpc) is 3.81. The zero-order valence-electron chi connectivity index (χ0n) is 20.9. The maximum atomic E-state index is 13.1. The van der Waals surface area contributed by atoms with Gasteiger partial charge in [0.1, 0.15) is 5.75 Å². The summed E-state index contributed by atoms with van der Waals surface area (Å²) >= 11 is 1.50. The molecular weight excluding hydrogens is 472 g/mol. The first-order valence-electron chi connectivity index (χ1n) is 12.3. The lowest BCUT2D eigenvalue weighted by Gasteiger charge is -2.14. The van der Waals surface area contributed by atoms with Gasteiger partial charge < -0.3 is 25.3 Å². The Balaban J connectivity index is 1.60. The molecule has 0 radical (unpaired) electrons. The predicted molar refractivity (Wildman–Crippen MR) is 147 cm³/mol. The highest BCUT2D eigenvalue weighted by atomic mass is 32.2. The molecule has 0 unspecified atom stereocenters. The van der Waals surface area contributed by atoms with E-state index >= 15 is 0 Å². The van der Waals surface area contributed by atoms with Crippen molar-refractivity contribution in [3.8, 4) is 17.2 Å². The predicted octanol–water partition coefficient (Wildman–Crippen LogP) is 5.61. The Morgan fingerprint density at radius 1 is 1.06 bits per heavy atom. The summed E-state index contributed by atoms with van der Waals surface area (Å²) in [6.07, 6.45) is 12.0. The highest BCUT2D eigenvalue weighted by molar-refractivity contribution is 8.01. The van der Waals surface area contributed by atoms with E-state index in [1.165, 1.54) is 37.4 Å². The fourth-order valence-corrected chi connectivity index (χ4v) is 3.83. The molecule has 2 aromatic rings. The van der Waals surface area contributed by atoms with Crippen LogP contribution in [0, 0.1) is 11.8 Å². The number of nitrogens with one attached hydrogen (secondary N) is 1. The number of para-hydroxylation sites is 1. The smallest absolute Gasteiger partial charge is 0.257 e. The molecule has 0 saturated heterocycles. The molecule has 0 heterocycles. The minimum absolute atomic E-state index is 0.287. The fraction of sp³-hybridized carbons (Fsp3) is 0.345. The number of rotatable bonds is 13. The molecule has 1 amide bonds. The summed E-state index contributed by atoms with van der Waals surface area (Å²) in [7, 11) is 1.63. The van der Waals surface area contributed by atoms with Crippen molar-refractivity contribution in [2.24, 2.45) is 17.6 Å². The summed E-state index contributed by atoms with van der Waals surface area (Å²) in [4.78, 5) is 13.1. The van der Waals surface area contributed by atoms with Crippen LogP contribution in [0.4, 0.5) is 0 Å². The summed E-state index contributed by atoms with van der Waals surface area (Å²) in [5.74, 6) is 3.13. The number of amides is 1. The standard InChI is InChI=1S/C29H34N2O4S/c1-33-26-5-3-4-23(28(26)35-19-21-8-9-21)12-15-25(30)27(29(32)31-16-17-36-2)22-10-13-24(14-11-22)34-18-20-6-7-20/h3-5,10-17,20-21H,6-9,18-19,30H2,1-2H3,(H,31,32)/b15-12+,17-16-,27-25-. The molecule has 2 fully saturated rings. The molecule has 36 heavy (non-hydrogen) atoms. The van der Waals surface area contributed by atoms with Crippen LogP contribution in [0.5, 0.6) is 17.2 Å². The van der Waals surface area contributed by atoms with Crippen molar-refractivity contribution in [2.75, 3.05) is 26.6 Å². The Morgan fingerprint density at radius 3 is 2.39 bits per heavy atom. The van der Waals surface area contributed by atoms with Crippen LogP contribution < -0.4 is 25.3 Å². The first-order chi connectivity index (χ1) is 17.6. The van der Waals surface area contributed by atoms with Gasteiger partial charge in [-0.25, -0.2) is 0 Å². The fourth-order valence-electron chi connectivity index (χ4n) is 3.62. The van der Waals surface area contributed by atoms with E-state index in [2.05, 4.69) is 5.32 Å². The summed E-state index contributed by atoms with van der Waals surface area (Å²) in [5, 5.41) is 4.61. The summed E-state index contributed by atoms with van der Waals surface area (Å²) in [6.45, 7) is 1.40. The molecule has 190 valence electrons. The lowest BCUT2D eigenvalue weighted by Crippen LogP contribution is -2.21. The first kappa shape index (κ1) is 25.8. The third-order valence-electron chi connectivity index (χ3n) is 6.09. The number of allylic oxidation sites excluding steroid dienone is 1. The Hall–Kier alpha value is -3.32. The quantitative estimate of drug-likeness (QED) is 0.272. The van der Waals surface area contributed by atoms with Crippen molar-refractivity contribution in [1.29, 1.82) is 0 Å². The van der Waals surface area contributed by atoms with Gasteiger partial charge in [0.05, 0.1) is 25.9 Å². The van der Waals surface area contributed by atoms with E-state index in [1.54, 1.807) is 24.8 Å². The van der Waals surface area contributed by atoms with Gasteiger partial charge in [0.25, 0.3) is 5.91 Å². The second-order valence-corrected chi connectivity index (χ2v) is 9.83. The normalized spacial score (nSPS) is 16.2. The van der Waals surface area contributed by atoms with Gasteiger partial charge in [-0.3, -0.25) is 4.79 Å². The minimum atomic E-state index is -0.287. The number of carbonyl (C=O) groups excluding carboxylic acids is 1. The molecule has 7 heteroatoms. The van der Waals surface area contributed by atoms with E-state index in [-0.39, 0.29) is 5.91 Å². The van der Waals surface area contributed by atoms with E-state index in [4.69, 9.17) is 19.9 Å². The van der Waals surface area contributed by atoms with Gasteiger partial charge in [-0.05, 0) is 85.1 Å². The van der Waals surface area contributed by atoms with Crippen LogP contribution in [0.15, 0.2) is 65.8 Å². The number of methoxy groups -OCH3 is 1. The van der Waals surface area contributed by atoms with Crippen LogP contribution in [-0.4, -0.2) is 32.5 Å². The van der Waals surface area contributed by atoms with Gasteiger partial charge >= 0.3 is 0 Å². The Bertz CT molecular complexity index is 1130. The van der Waals surface area contributed by atoms with Crippen molar-refractivity contribution in [3.63, 3.8) is 0 Å². The monoisotopic (exact) mass is 506 g/mol. The molecule has 0 aliphatic heterocycles.